The first kappa shape index (κ1) is 8.97. The van der Waals surface area contributed by atoms with Gasteiger partial charge in [-0.1, -0.05) is 30.3 Å². The minimum Gasteiger partial charge on any atom is -0.398 e. The smallest absolute Gasteiger partial charge is 0.0565 e. The summed E-state index contributed by atoms with van der Waals surface area (Å²) in [5, 5.41) is 9.04. The Bertz CT molecular complexity index is 627. The molecule has 16 heavy (non-hydrogen) atoms. The van der Waals surface area contributed by atoms with E-state index in [-0.39, 0.29) is 0 Å². The van der Waals surface area contributed by atoms with Gasteiger partial charge in [-0.3, -0.25) is 5.10 Å². The molecule has 0 amide bonds. The van der Waals surface area contributed by atoms with Crippen molar-refractivity contribution in [2.75, 3.05) is 5.73 Å². The van der Waals surface area contributed by atoms with E-state index in [1.807, 2.05) is 36.7 Å². The lowest BCUT2D eigenvalue weighted by molar-refractivity contribution is 1.09. The Hall–Kier alpha value is -2.29. The van der Waals surface area contributed by atoms with Crippen molar-refractivity contribution in [2.24, 2.45) is 0 Å². The first-order valence-electron chi connectivity index (χ1n) is 5.12. The van der Waals surface area contributed by atoms with Crippen LogP contribution in [-0.4, -0.2) is 10.2 Å². The number of nitrogens with one attached hydrogen (secondary N) is 1. The minimum atomic E-state index is 0.808. The predicted octanol–water partition coefficient (Wildman–Crippen LogP) is 2.81. The highest BCUT2D eigenvalue weighted by Crippen LogP contribution is 2.30. The van der Waals surface area contributed by atoms with Crippen LogP contribution < -0.4 is 5.73 Å². The second-order valence-electron chi connectivity index (χ2n) is 3.73. The molecule has 3 nitrogen and oxygen atoms in total. The van der Waals surface area contributed by atoms with Crippen LogP contribution in [0.15, 0.2) is 48.8 Å². The fourth-order valence-corrected chi connectivity index (χ4v) is 1.98. The van der Waals surface area contributed by atoms with Crippen molar-refractivity contribution in [3.63, 3.8) is 0 Å². The average Bonchev–Trinajstić information content (AvgIpc) is 2.82. The first-order chi connectivity index (χ1) is 7.86. The van der Waals surface area contributed by atoms with Crippen LogP contribution in [0.2, 0.25) is 0 Å². The number of fused-ring (bicyclic) bond motifs is 1. The molecular weight excluding hydrogens is 198 g/mol. The summed E-state index contributed by atoms with van der Waals surface area (Å²) in [5.41, 5.74) is 8.99. The van der Waals surface area contributed by atoms with E-state index >= 15 is 0 Å². The van der Waals surface area contributed by atoms with Crippen molar-refractivity contribution in [1.82, 2.24) is 10.2 Å². The van der Waals surface area contributed by atoms with Crippen molar-refractivity contribution in [2.45, 2.75) is 0 Å². The molecule has 0 atom stereocenters. The molecule has 0 aliphatic heterocycles. The topological polar surface area (TPSA) is 54.7 Å². The number of nitrogen functional groups attached to an aromatic ring is 1. The Morgan fingerprint density at radius 3 is 2.62 bits per heavy atom. The number of hydrogen-bond acceptors (Lipinski definition) is 2. The molecule has 0 aliphatic carbocycles. The molecule has 78 valence electrons. The molecule has 0 radical (unpaired) electrons. The highest BCUT2D eigenvalue weighted by atomic mass is 15.1. The third-order valence-corrected chi connectivity index (χ3v) is 2.77. The van der Waals surface area contributed by atoms with Gasteiger partial charge in [0.15, 0.2) is 0 Å². The SMILES string of the molecule is Nc1cccc2c(-c3cn[nH]c3)cccc12. The van der Waals surface area contributed by atoms with E-state index in [0.717, 1.165) is 27.6 Å². The summed E-state index contributed by atoms with van der Waals surface area (Å²) < 4.78 is 0. The van der Waals surface area contributed by atoms with E-state index in [9.17, 15) is 0 Å². The Balaban J connectivity index is 2.38. The van der Waals surface area contributed by atoms with Crippen molar-refractivity contribution in [3.8, 4) is 11.1 Å². The molecule has 3 aromatic rings. The summed E-state index contributed by atoms with van der Waals surface area (Å²) in [7, 11) is 0. The van der Waals surface area contributed by atoms with E-state index < -0.39 is 0 Å². The van der Waals surface area contributed by atoms with Gasteiger partial charge in [0, 0.05) is 22.8 Å². The molecule has 0 spiro atoms. The summed E-state index contributed by atoms with van der Waals surface area (Å²) >= 11 is 0. The molecule has 0 aliphatic rings. The summed E-state index contributed by atoms with van der Waals surface area (Å²) in [6.07, 6.45) is 3.70. The number of H-pyrrole nitrogens is 1. The predicted molar refractivity (Wildman–Crippen MR) is 65.9 cm³/mol. The Morgan fingerprint density at radius 1 is 1.00 bits per heavy atom. The monoisotopic (exact) mass is 209 g/mol. The molecule has 3 heteroatoms. The zero-order valence-electron chi connectivity index (χ0n) is 8.64. The van der Waals surface area contributed by atoms with Crippen LogP contribution in [0.25, 0.3) is 21.9 Å². The quantitative estimate of drug-likeness (QED) is 0.605. The number of hydrogen-bond donors (Lipinski definition) is 2. The van der Waals surface area contributed by atoms with Crippen LogP contribution in [0.3, 0.4) is 0 Å². The zero-order valence-corrected chi connectivity index (χ0v) is 8.64. The minimum absolute atomic E-state index is 0.808. The Morgan fingerprint density at radius 2 is 1.81 bits per heavy atom. The second kappa shape index (κ2) is 3.38. The van der Waals surface area contributed by atoms with Gasteiger partial charge >= 0.3 is 0 Å². The van der Waals surface area contributed by atoms with Crippen LogP contribution in [0.1, 0.15) is 0 Å². The van der Waals surface area contributed by atoms with E-state index in [4.69, 9.17) is 5.73 Å². The number of aromatic nitrogens is 2. The molecule has 0 saturated heterocycles. The van der Waals surface area contributed by atoms with Gasteiger partial charge in [0.25, 0.3) is 0 Å². The maximum atomic E-state index is 5.96. The van der Waals surface area contributed by atoms with Crippen LogP contribution in [0.5, 0.6) is 0 Å². The molecule has 0 fully saturated rings. The van der Waals surface area contributed by atoms with Gasteiger partial charge in [0.2, 0.25) is 0 Å². The van der Waals surface area contributed by atoms with Gasteiger partial charge in [0.1, 0.15) is 0 Å². The molecule has 2 aromatic carbocycles. The van der Waals surface area contributed by atoms with Gasteiger partial charge in [-0.2, -0.15) is 5.10 Å². The summed E-state index contributed by atoms with van der Waals surface area (Å²) in [6, 6.07) is 12.1. The maximum Gasteiger partial charge on any atom is 0.0565 e. The van der Waals surface area contributed by atoms with E-state index in [0.29, 0.717) is 0 Å². The first-order valence-corrected chi connectivity index (χ1v) is 5.12. The van der Waals surface area contributed by atoms with Crippen LogP contribution in [0.4, 0.5) is 5.69 Å². The third-order valence-electron chi connectivity index (χ3n) is 2.77. The average molecular weight is 209 g/mol. The molecule has 1 aromatic heterocycles. The number of benzene rings is 2. The lowest BCUT2D eigenvalue weighted by Crippen LogP contribution is -1.87. The number of rotatable bonds is 1. The van der Waals surface area contributed by atoms with E-state index in [1.54, 1.807) is 0 Å². The molecule has 1 heterocycles. The van der Waals surface area contributed by atoms with Gasteiger partial charge < -0.3 is 5.73 Å². The number of nitrogens with two attached hydrogens (primary N) is 1. The van der Waals surface area contributed by atoms with Gasteiger partial charge in [-0.25, -0.2) is 0 Å². The molecule has 3 rings (SSSR count). The lowest BCUT2D eigenvalue weighted by Gasteiger charge is -2.06. The normalized spacial score (nSPS) is 10.8. The van der Waals surface area contributed by atoms with Crippen molar-refractivity contribution >= 4 is 16.5 Å². The van der Waals surface area contributed by atoms with Crippen LogP contribution in [0, 0.1) is 0 Å². The third kappa shape index (κ3) is 1.26. The fraction of sp³-hybridized carbons (Fsp3) is 0. The van der Waals surface area contributed by atoms with E-state index in [2.05, 4.69) is 22.3 Å². The largest absolute Gasteiger partial charge is 0.398 e. The van der Waals surface area contributed by atoms with Gasteiger partial charge in [0.05, 0.1) is 6.20 Å². The fourth-order valence-electron chi connectivity index (χ4n) is 1.98. The summed E-state index contributed by atoms with van der Waals surface area (Å²) in [4.78, 5) is 0. The van der Waals surface area contributed by atoms with Gasteiger partial charge in [-0.15, -0.1) is 0 Å². The number of anilines is 1. The molecule has 0 unspecified atom stereocenters. The van der Waals surface area contributed by atoms with Crippen molar-refractivity contribution in [3.05, 3.63) is 48.8 Å². The molecule has 0 bridgehead atoms. The Labute approximate surface area is 92.9 Å². The standard InChI is InChI=1S/C13H11N3/c14-13-6-2-4-11-10(3-1-5-12(11)13)9-7-15-16-8-9/h1-8H,14H2,(H,15,16). The van der Waals surface area contributed by atoms with Crippen molar-refractivity contribution < 1.29 is 0 Å². The lowest BCUT2D eigenvalue weighted by atomic mass is 10.00. The zero-order chi connectivity index (χ0) is 11.0. The number of aromatic amines is 1. The highest BCUT2D eigenvalue weighted by molar-refractivity contribution is 6.02. The van der Waals surface area contributed by atoms with Crippen molar-refractivity contribution in [1.29, 1.82) is 0 Å². The van der Waals surface area contributed by atoms with E-state index in [1.165, 1.54) is 0 Å². The second-order valence-corrected chi connectivity index (χ2v) is 3.73. The molecule has 0 saturated carbocycles. The summed E-state index contributed by atoms with van der Waals surface area (Å²) in [6.45, 7) is 0. The van der Waals surface area contributed by atoms with Crippen LogP contribution >= 0.6 is 0 Å². The molecule has 3 N–H and O–H groups in total. The van der Waals surface area contributed by atoms with Crippen LogP contribution in [-0.2, 0) is 0 Å². The van der Waals surface area contributed by atoms with Gasteiger partial charge in [-0.05, 0) is 17.0 Å². The maximum absolute atomic E-state index is 5.96. The summed E-state index contributed by atoms with van der Waals surface area (Å²) in [5.74, 6) is 0. The number of nitrogens with zero attached hydrogens (tertiary/aromatic N) is 1. The highest BCUT2D eigenvalue weighted by Gasteiger charge is 2.05. The Kier molecular flexibility index (Phi) is 1.90. The molecular formula is C13H11N3.